The van der Waals surface area contributed by atoms with Crippen molar-refractivity contribution >= 4 is 22.5 Å². The molecule has 0 aliphatic carbocycles. The van der Waals surface area contributed by atoms with Crippen molar-refractivity contribution in [2.24, 2.45) is 5.73 Å². The van der Waals surface area contributed by atoms with Crippen molar-refractivity contribution in [3.63, 3.8) is 0 Å². The maximum Gasteiger partial charge on any atom is 0.304 e. The molecule has 174 valence electrons. The highest BCUT2D eigenvalue weighted by Gasteiger charge is 2.51. The Hall–Kier alpha value is -2.99. The minimum absolute atomic E-state index is 0.0396. The molecule has 1 aliphatic rings. The molecule has 2 aromatic rings. The number of nitrogens with two attached hydrogens (primary N) is 1. The first-order valence-electron chi connectivity index (χ1n) is 9.24. The zero-order valence-corrected chi connectivity index (χ0v) is 17.6. The van der Waals surface area contributed by atoms with Gasteiger partial charge >= 0.3 is 6.43 Å². The number of hydrogen-bond acceptors (Lipinski definition) is 7. The second-order valence-corrected chi connectivity index (χ2v) is 8.94. The molecule has 1 atom stereocenters. The maximum absolute atomic E-state index is 13.1. The summed E-state index contributed by atoms with van der Waals surface area (Å²) in [6.45, 7) is 2.21. The molecular formula is C20H21F3N2O6S. The van der Waals surface area contributed by atoms with Crippen LogP contribution in [0.15, 0.2) is 47.5 Å². The third-order valence-electron chi connectivity index (χ3n) is 4.91. The number of hydrogen-bond donors (Lipinski definition) is 1. The highest BCUT2D eigenvalue weighted by Crippen LogP contribution is 2.35. The maximum atomic E-state index is 13.1. The lowest BCUT2D eigenvalue weighted by atomic mass is 9.98. The summed E-state index contributed by atoms with van der Waals surface area (Å²) in [5.74, 6) is -1.02. The minimum Gasteiger partial charge on any atom is -0.454 e. The molecule has 3 rings (SSSR count). The molecular weight excluding hydrogens is 453 g/mol. The second-order valence-electron chi connectivity index (χ2n) is 6.68. The topological polar surface area (TPSA) is 126 Å². The number of benzene rings is 1. The molecule has 1 saturated heterocycles. The summed E-state index contributed by atoms with van der Waals surface area (Å²) in [5.41, 5.74) is 6.34. The largest absolute Gasteiger partial charge is 0.454 e. The van der Waals surface area contributed by atoms with Gasteiger partial charge in [0.2, 0.25) is 5.91 Å². The molecule has 1 unspecified atom stereocenters. The van der Waals surface area contributed by atoms with E-state index in [0.29, 0.717) is 11.3 Å². The van der Waals surface area contributed by atoms with Gasteiger partial charge in [0.25, 0.3) is 6.36 Å². The van der Waals surface area contributed by atoms with Crippen LogP contribution < -0.4 is 10.5 Å². The van der Waals surface area contributed by atoms with E-state index in [-0.39, 0.29) is 36.7 Å². The smallest absolute Gasteiger partial charge is 0.304 e. The van der Waals surface area contributed by atoms with Crippen LogP contribution >= 0.6 is 0 Å². The Morgan fingerprint density at radius 1 is 1.09 bits per heavy atom. The molecule has 0 saturated carbocycles. The molecule has 2 heterocycles. The third-order valence-corrected chi connectivity index (χ3v) is 7.41. The summed E-state index contributed by atoms with van der Waals surface area (Å²) in [7, 11) is -4.10. The van der Waals surface area contributed by atoms with Crippen molar-refractivity contribution in [2.45, 2.75) is 35.3 Å². The molecule has 0 radical (unpaired) electrons. The number of carbonyl (C=O) groups excluding carboxylic acids is 2. The molecule has 0 spiro atoms. The highest BCUT2D eigenvalue weighted by molar-refractivity contribution is 7.93. The molecule has 0 bridgehead atoms. The predicted octanol–water partition coefficient (Wildman–Crippen LogP) is 2.31. The van der Waals surface area contributed by atoms with Gasteiger partial charge in [-0.2, -0.15) is 4.39 Å². The van der Waals surface area contributed by atoms with E-state index < -0.39 is 33.3 Å². The Kier molecular flexibility index (Phi) is 8.33. The summed E-state index contributed by atoms with van der Waals surface area (Å²) in [6, 6.07) is 8.27. The molecule has 2 N–H and O–H groups in total. The number of nitrogens with zero attached hydrogens (tertiary/aromatic N) is 1. The van der Waals surface area contributed by atoms with E-state index in [9.17, 15) is 26.4 Å². The quantitative estimate of drug-likeness (QED) is 0.653. The number of ether oxygens (including phenoxy) is 2. The normalized spacial score (nSPS) is 16.5. The number of aromatic nitrogens is 1. The van der Waals surface area contributed by atoms with E-state index in [1.54, 1.807) is 0 Å². The molecule has 1 fully saturated rings. The average molecular weight is 474 g/mol. The van der Waals surface area contributed by atoms with E-state index in [4.69, 9.17) is 15.3 Å². The summed E-state index contributed by atoms with van der Waals surface area (Å²) in [5, 5.41) is 0. The van der Waals surface area contributed by atoms with Gasteiger partial charge in [0, 0.05) is 25.0 Å². The van der Waals surface area contributed by atoms with Crippen LogP contribution in [0.3, 0.4) is 0 Å². The van der Waals surface area contributed by atoms with E-state index in [1.165, 1.54) is 36.4 Å². The van der Waals surface area contributed by atoms with Gasteiger partial charge in [0.05, 0.1) is 10.6 Å². The van der Waals surface area contributed by atoms with Crippen LogP contribution in [0.5, 0.6) is 5.75 Å². The van der Waals surface area contributed by atoms with Crippen molar-refractivity contribution < 1.29 is 40.7 Å². The second kappa shape index (κ2) is 10.6. The number of halogens is 3. The molecule has 1 aromatic heterocycles. The van der Waals surface area contributed by atoms with Crippen molar-refractivity contribution in [1.29, 1.82) is 0 Å². The van der Waals surface area contributed by atoms with Gasteiger partial charge in [-0.25, -0.2) is 17.2 Å². The SMILES string of the molecule is C=O.NC(=O)C1(S(=O)(=O)c2ccc(-c3ccc(OC(F)C(F)F)cc3)nc2)CCOCC1. The number of carbonyl (C=O) groups is 2. The lowest BCUT2D eigenvalue weighted by Gasteiger charge is -2.33. The van der Waals surface area contributed by atoms with Crippen molar-refractivity contribution in [3.05, 3.63) is 42.6 Å². The van der Waals surface area contributed by atoms with E-state index in [1.807, 2.05) is 6.79 Å². The molecule has 1 amide bonds. The summed E-state index contributed by atoms with van der Waals surface area (Å²) >= 11 is 0. The molecule has 32 heavy (non-hydrogen) atoms. The Balaban J connectivity index is 0.00000176. The fourth-order valence-electron chi connectivity index (χ4n) is 3.17. The van der Waals surface area contributed by atoms with Gasteiger partial charge in [-0.1, -0.05) is 0 Å². The first-order chi connectivity index (χ1) is 15.2. The minimum atomic E-state index is -4.10. The lowest BCUT2D eigenvalue weighted by molar-refractivity contribution is -0.122. The fraction of sp³-hybridized carbons (Fsp3) is 0.350. The predicted molar refractivity (Wildman–Crippen MR) is 107 cm³/mol. The van der Waals surface area contributed by atoms with Crippen LogP contribution in [0, 0.1) is 0 Å². The van der Waals surface area contributed by atoms with Gasteiger partial charge in [0.1, 0.15) is 12.5 Å². The van der Waals surface area contributed by atoms with Crippen LogP contribution in [0.25, 0.3) is 11.3 Å². The summed E-state index contributed by atoms with van der Waals surface area (Å²) in [6.07, 6.45) is -4.95. The standard InChI is InChI=1S/C19H19F3N2O5S.CH2O/c20-16(21)17(22)29-13-3-1-12(2-4-13)15-6-5-14(11-24-15)30(26,27)19(18(23)25)7-9-28-10-8-19;1-2/h1-6,11,16-17H,7-10H2,(H2,23,25);1H2. The highest BCUT2D eigenvalue weighted by atomic mass is 32.2. The van der Waals surface area contributed by atoms with Crippen molar-refractivity contribution in [3.8, 4) is 17.0 Å². The van der Waals surface area contributed by atoms with Gasteiger partial charge in [-0.05, 0) is 49.2 Å². The van der Waals surface area contributed by atoms with Crippen LogP contribution in [0.1, 0.15) is 12.8 Å². The monoisotopic (exact) mass is 474 g/mol. The fourth-order valence-corrected chi connectivity index (χ4v) is 5.03. The summed E-state index contributed by atoms with van der Waals surface area (Å²) < 4.78 is 71.4. The van der Waals surface area contributed by atoms with Gasteiger partial charge in [0.15, 0.2) is 14.6 Å². The van der Waals surface area contributed by atoms with E-state index >= 15 is 0 Å². The van der Waals surface area contributed by atoms with Crippen LogP contribution in [-0.4, -0.2) is 56.8 Å². The first-order valence-corrected chi connectivity index (χ1v) is 10.7. The number of primary amides is 1. The van der Waals surface area contributed by atoms with E-state index in [2.05, 4.69) is 9.72 Å². The van der Waals surface area contributed by atoms with Crippen LogP contribution in [0.2, 0.25) is 0 Å². The number of alkyl halides is 3. The zero-order valence-electron chi connectivity index (χ0n) is 16.7. The Morgan fingerprint density at radius 3 is 2.16 bits per heavy atom. The molecule has 1 aromatic carbocycles. The van der Waals surface area contributed by atoms with Crippen molar-refractivity contribution in [2.75, 3.05) is 13.2 Å². The number of amides is 1. The Labute approximate surface area is 182 Å². The third kappa shape index (κ3) is 5.07. The lowest BCUT2D eigenvalue weighted by Crippen LogP contribution is -2.53. The van der Waals surface area contributed by atoms with Gasteiger partial charge < -0.3 is 20.0 Å². The van der Waals surface area contributed by atoms with Gasteiger partial charge in [-0.15, -0.1) is 0 Å². The van der Waals surface area contributed by atoms with Gasteiger partial charge in [-0.3, -0.25) is 9.78 Å². The number of pyridine rings is 1. The zero-order chi connectivity index (χ0) is 23.9. The number of sulfone groups is 1. The summed E-state index contributed by atoms with van der Waals surface area (Å²) in [4.78, 5) is 24.0. The molecule has 1 aliphatic heterocycles. The average Bonchev–Trinajstić information content (AvgIpc) is 2.81. The number of rotatable bonds is 7. The van der Waals surface area contributed by atoms with Crippen LogP contribution in [-0.2, 0) is 24.2 Å². The Bertz CT molecular complexity index is 1010. The van der Waals surface area contributed by atoms with Crippen molar-refractivity contribution in [1.82, 2.24) is 4.98 Å². The molecule has 8 nitrogen and oxygen atoms in total. The van der Waals surface area contributed by atoms with Crippen LogP contribution in [0.4, 0.5) is 13.2 Å². The molecule has 12 heteroatoms. The van der Waals surface area contributed by atoms with E-state index in [0.717, 1.165) is 6.20 Å². The first kappa shape index (κ1) is 25.3. The Morgan fingerprint density at radius 2 is 1.69 bits per heavy atom.